The molecule has 0 aliphatic carbocycles. The zero-order valence-corrected chi connectivity index (χ0v) is 12.9. The fraction of sp³-hybridized carbons (Fsp3) is 0. The zero-order chi connectivity index (χ0) is 16.1. The average Bonchev–Trinajstić information content (AvgIpc) is 2.60. The standard InChI is InChI=1S/C19H13ClN2O/c20-15-6-10-18(11-7-15)22(17-4-2-1-3-5-17)19-12-8-16(9-13-19)21-14-23/h1-13H. The van der Waals surface area contributed by atoms with Crippen molar-refractivity contribution in [3.8, 4) is 0 Å². The van der Waals surface area contributed by atoms with Gasteiger partial charge in [0.15, 0.2) is 0 Å². The smallest absolute Gasteiger partial charge is 0.240 e. The zero-order valence-electron chi connectivity index (χ0n) is 12.2. The molecule has 112 valence electrons. The van der Waals surface area contributed by atoms with Crippen LogP contribution in [0, 0.1) is 0 Å². The minimum Gasteiger partial charge on any atom is -0.311 e. The van der Waals surface area contributed by atoms with Gasteiger partial charge in [0.25, 0.3) is 0 Å². The molecule has 0 amide bonds. The van der Waals surface area contributed by atoms with E-state index in [1.807, 2.05) is 66.7 Å². The third-order valence-corrected chi connectivity index (χ3v) is 3.63. The van der Waals surface area contributed by atoms with E-state index < -0.39 is 0 Å². The van der Waals surface area contributed by atoms with Gasteiger partial charge in [0.1, 0.15) is 0 Å². The number of aliphatic imine (C=N–C) groups is 1. The lowest BCUT2D eigenvalue weighted by Gasteiger charge is -2.25. The van der Waals surface area contributed by atoms with Gasteiger partial charge in [-0.2, -0.15) is 4.99 Å². The predicted octanol–water partition coefficient (Wildman–Crippen LogP) is 5.78. The Kier molecular flexibility index (Phi) is 4.53. The van der Waals surface area contributed by atoms with Gasteiger partial charge < -0.3 is 4.90 Å². The normalized spacial score (nSPS) is 9.96. The lowest BCUT2D eigenvalue weighted by molar-refractivity contribution is 0.565. The van der Waals surface area contributed by atoms with E-state index in [-0.39, 0.29) is 0 Å². The number of halogens is 1. The molecule has 0 N–H and O–H groups in total. The van der Waals surface area contributed by atoms with Crippen LogP contribution in [0.15, 0.2) is 83.9 Å². The fourth-order valence-corrected chi connectivity index (χ4v) is 2.47. The van der Waals surface area contributed by atoms with Crippen LogP contribution in [0.4, 0.5) is 22.7 Å². The Bertz CT molecular complexity index is 824. The highest BCUT2D eigenvalue weighted by Crippen LogP contribution is 2.35. The van der Waals surface area contributed by atoms with E-state index in [4.69, 9.17) is 11.6 Å². The second kappa shape index (κ2) is 6.93. The first-order valence-electron chi connectivity index (χ1n) is 7.06. The van der Waals surface area contributed by atoms with Gasteiger partial charge in [-0.3, -0.25) is 0 Å². The lowest BCUT2D eigenvalue weighted by atomic mass is 10.2. The predicted molar refractivity (Wildman–Crippen MR) is 93.9 cm³/mol. The van der Waals surface area contributed by atoms with Gasteiger partial charge in [0, 0.05) is 22.1 Å². The van der Waals surface area contributed by atoms with Crippen molar-refractivity contribution in [1.82, 2.24) is 0 Å². The maximum atomic E-state index is 10.4. The average molecular weight is 321 g/mol. The topological polar surface area (TPSA) is 32.7 Å². The first-order valence-corrected chi connectivity index (χ1v) is 7.44. The highest BCUT2D eigenvalue weighted by Gasteiger charge is 2.11. The second-order valence-electron chi connectivity index (χ2n) is 4.87. The largest absolute Gasteiger partial charge is 0.311 e. The van der Waals surface area contributed by atoms with Crippen LogP contribution in [0.3, 0.4) is 0 Å². The molecule has 0 spiro atoms. The lowest BCUT2D eigenvalue weighted by Crippen LogP contribution is -2.09. The van der Waals surface area contributed by atoms with Crippen molar-refractivity contribution in [2.24, 2.45) is 4.99 Å². The number of hydrogen-bond acceptors (Lipinski definition) is 3. The molecule has 0 aromatic heterocycles. The molecular formula is C19H13ClN2O. The van der Waals surface area contributed by atoms with Crippen molar-refractivity contribution in [1.29, 1.82) is 0 Å². The van der Waals surface area contributed by atoms with Crippen molar-refractivity contribution in [3.63, 3.8) is 0 Å². The highest BCUT2D eigenvalue weighted by molar-refractivity contribution is 6.30. The molecule has 3 aromatic rings. The number of benzene rings is 3. The van der Waals surface area contributed by atoms with Crippen LogP contribution in [-0.4, -0.2) is 6.08 Å². The Hall–Kier alpha value is -2.87. The molecule has 0 bridgehead atoms. The van der Waals surface area contributed by atoms with Gasteiger partial charge >= 0.3 is 0 Å². The molecule has 0 saturated carbocycles. The summed E-state index contributed by atoms with van der Waals surface area (Å²) in [6, 6.07) is 25.1. The van der Waals surface area contributed by atoms with E-state index in [2.05, 4.69) is 9.89 Å². The molecule has 0 radical (unpaired) electrons. The Labute approximate surface area is 139 Å². The van der Waals surface area contributed by atoms with E-state index in [1.54, 1.807) is 18.2 Å². The SMILES string of the molecule is O=C=Nc1ccc(N(c2ccccc2)c2ccc(Cl)cc2)cc1. The van der Waals surface area contributed by atoms with Crippen molar-refractivity contribution < 1.29 is 4.79 Å². The summed E-state index contributed by atoms with van der Waals surface area (Å²) in [5.41, 5.74) is 3.56. The monoisotopic (exact) mass is 320 g/mol. The van der Waals surface area contributed by atoms with Crippen LogP contribution < -0.4 is 4.90 Å². The molecule has 0 fully saturated rings. The number of anilines is 3. The number of para-hydroxylation sites is 1. The van der Waals surface area contributed by atoms with Crippen LogP contribution in [-0.2, 0) is 4.79 Å². The van der Waals surface area contributed by atoms with Crippen LogP contribution in [0.2, 0.25) is 5.02 Å². The quantitative estimate of drug-likeness (QED) is 0.451. The van der Waals surface area contributed by atoms with Gasteiger partial charge in [0.2, 0.25) is 6.08 Å². The molecule has 0 aliphatic heterocycles. The molecule has 4 heteroatoms. The maximum Gasteiger partial charge on any atom is 0.240 e. The van der Waals surface area contributed by atoms with E-state index in [0.29, 0.717) is 10.7 Å². The molecule has 0 saturated heterocycles. The van der Waals surface area contributed by atoms with Crippen LogP contribution >= 0.6 is 11.6 Å². The first kappa shape index (κ1) is 15.0. The Morgan fingerprint density at radius 2 is 1.26 bits per heavy atom. The first-order chi connectivity index (χ1) is 11.3. The Morgan fingerprint density at radius 1 is 0.739 bits per heavy atom. The van der Waals surface area contributed by atoms with E-state index >= 15 is 0 Å². The Morgan fingerprint density at radius 3 is 1.83 bits per heavy atom. The molecule has 3 aromatic carbocycles. The van der Waals surface area contributed by atoms with Gasteiger partial charge in [-0.25, -0.2) is 4.79 Å². The fourth-order valence-electron chi connectivity index (χ4n) is 2.34. The van der Waals surface area contributed by atoms with E-state index in [0.717, 1.165) is 17.1 Å². The number of isocyanates is 1. The summed E-state index contributed by atoms with van der Waals surface area (Å²) in [7, 11) is 0. The summed E-state index contributed by atoms with van der Waals surface area (Å²) in [5.74, 6) is 0. The minimum absolute atomic E-state index is 0.577. The van der Waals surface area contributed by atoms with E-state index in [1.165, 1.54) is 0 Å². The minimum atomic E-state index is 0.577. The van der Waals surface area contributed by atoms with Crippen LogP contribution in [0.1, 0.15) is 0 Å². The summed E-state index contributed by atoms with van der Waals surface area (Å²) in [6.07, 6.45) is 1.55. The summed E-state index contributed by atoms with van der Waals surface area (Å²) >= 11 is 6.00. The van der Waals surface area contributed by atoms with E-state index in [9.17, 15) is 4.79 Å². The molecule has 0 aliphatic rings. The second-order valence-corrected chi connectivity index (χ2v) is 5.30. The van der Waals surface area contributed by atoms with Gasteiger partial charge in [-0.15, -0.1) is 0 Å². The van der Waals surface area contributed by atoms with Crippen LogP contribution in [0.5, 0.6) is 0 Å². The maximum absolute atomic E-state index is 10.4. The molecule has 23 heavy (non-hydrogen) atoms. The van der Waals surface area contributed by atoms with Crippen molar-refractivity contribution in [3.05, 3.63) is 83.9 Å². The van der Waals surface area contributed by atoms with Crippen molar-refractivity contribution in [2.75, 3.05) is 4.90 Å². The molecular weight excluding hydrogens is 308 g/mol. The number of carbonyl (C=O) groups excluding carboxylic acids is 1. The van der Waals surface area contributed by atoms with Crippen LogP contribution in [0.25, 0.3) is 0 Å². The molecule has 0 atom stereocenters. The van der Waals surface area contributed by atoms with Crippen molar-refractivity contribution in [2.45, 2.75) is 0 Å². The number of nitrogens with zero attached hydrogens (tertiary/aromatic N) is 2. The van der Waals surface area contributed by atoms with Gasteiger partial charge in [-0.1, -0.05) is 29.8 Å². The van der Waals surface area contributed by atoms with Crippen molar-refractivity contribution >= 4 is 40.4 Å². The highest BCUT2D eigenvalue weighted by atomic mass is 35.5. The molecule has 3 rings (SSSR count). The summed E-state index contributed by atoms with van der Waals surface area (Å²) in [6.45, 7) is 0. The molecule has 3 nitrogen and oxygen atoms in total. The number of rotatable bonds is 4. The summed E-state index contributed by atoms with van der Waals surface area (Å²) in [4.78, 5) is 16.1. The van der Waals surface area contributed by atoms with Gasteiger partial charge in [-0.05, 0) is 60.7 Å². The third kappa shape index (κ3) is 3.49. The Balaban J connectivity index is 2.08. The van der Waals surface area contributed by atoms with Gasteiger partial charge in [0.05, 0.1) is 5.69 Å². The number of hydrogen-bond donors (Lipinski definition) is 0. The third-order valence-electron chi connectivity index (χ3n) is 3.38. The summed E-state index contributed by atoms with van der Waals surface area (Å²) in [5, 5.41) is 0.692. The molecule has 0 unspecified atom stereocenters. The summed E-state index contributed by atoms with van der Waals surface area (Å²) < 4.78 is 0. The molecule has 0 heterocycles.